The highest BCUT2D eigenvalue weighted by atomic mass is 32.1. The molecule has 5 nitrogen and oxygen atoms in total. The number of hydrogen-bond donors (Lipinski definition) is 2. The maximum atomic E-state index is 13.7. The summed E-state index contributed by atoms with van der Waals surface area (Å²) in [4.78, 5) is 24.4. The van der Waals surface area contributed by atoms with Gasteiger partial charge in [0.25, 0.3) is 11.8 Å². The Bertz CT molecular complexity index is 887. The van der Waals surface area contributed by atoms with Crippen molar-refractivity contribution in [2.24, 2.45) is 0 Å². The van der Waals surface area contributed by atoms with Crippen molar-refractivity contribution >= 4 is 33.8 Å². The molecule has 0 saturated carbocycles. The van der Waals surface area contributed by atoms with E-state index >= 15 is 0 Å². The minimum Gasteiger partial charge on any atom is -0.459 e. The highest BCUT2D eigenvalue weighted by Gasteiger charge is 2.14. The molecular formula is C17H13FN2O3S. The number of furan rings is 1. The fraction of sp³-hybridized carbons (Fsp3) is 0.0588. The van der Waals surface area contributed by atoms with Crippen LogP contribution in [0.3, 0.4) is 0 Å². The molecule has 1 aromatic carbocycles. The molecule has 0 unspecified atom stereocenters. The Kier molecular flexibility index (Phi) is 4.43. The molecule has 0 bridgehead atoms. The fourth-order valence-corrected chi connectivity index (χ4v) is 2.82. The first-order valence-corrected chi connectivity index (χ1v) is 7.87. The maximum Gasteiger partial charge on any atom is 0.291 e. The smallest absolute Gasteiger partial charge is 0.291 e. The summed E-state index contributed by atoms with van der Waals surface area (Å²) >= 11 is 1.09. The molecule has 0 spiro atoms. The Morgan fingerprint density at radius 3 is 2.67 bits per heavy atom. The predicted octanol–water partition coefficient (Wildman–Crippen LogP) is 4.29. The number of anilines is 2. The molecule has 2 amide bonds. The summed E-state index contributed by atoms with van der Waals surface area (Å²) in [6, 6.07) is 10.8. The molecular weight excluding hydrogens is 331 g/mol. The van der Waals surface area contributed by atoms with Crippen LogP contribution in [0.5, 0.6) is 0 Å². The molecule has 0 aliphatic heterocycles. The standard InChI is InChI=1S/C17H13FN2O3S/c1-10-4-5-11(18)12(9-10)19-17(22)14-6-7-15(24-14)20-16(21)13-3-2-8-23-13/h2-9H,1H3,(H,19,22)(H,20,21). The van der Waals surface area contributed by atoms with Crippen LogP contribution in [-0.2, 0) is 0 Å². The molecule has 3 rings (SSSR count). The maximum absolute atomic E-state index is 13.7. The lowest BCUT2D eigenvalue weighted by Crippen LogP contribution is -2.11. The second kappa shape index (κ2) is 6.67. The fourth-order valence-electron chi connectivity index (χ4n) is 2.03. The van der Waals surface area contributed by atoms with Gasteiger partial charge in [0.1, 0.15) is 5.82 Å². The van der Waals surface area contributed by atoms with Crippen LogP contribution in [0.1, 0.15) is 25.8 Å². The summed E-state index contributed by atoms with van der Waals surface area (Å²) < 4.78 is 18.7. The third-order valence-corrected chi connectivity index (χ3v) is 4.18. The van der Waals surface area contributed by atoms with Crippen molar-refractivity contribution in [3.63, 3.8) is 0 Å². The van der Waals surface area contributed by atoms with Crippen molar-refractivity contribution in [3.8, 4) is 0 Å². The Labute approximate surface area is 141 Å². The molecule has 0 radical (unpaired) electrons. The van der Waals surface area contributed by atoms with E-state index in [-0.39, 0.29) is 11.4 Å². The van der Waals surface area contributed by atoms with E-state index in [2.05, 4.69) is 10.6 Å². The summed E-state index contributed by atoms with van der Waals surface area (Å²) in [5.74, 6) is -1.17. The van der Waals surface area contributed by atoms with Crippen molar-refractivity contribution in [1.29, 1.82) is 0 Å². The van der Waals surface area contributed by atoms with Crippen LogP contribution in [-0.4, -0.2) is 11.8 Å². The van der Waals surface area contributed by atoms with E-state index in [4.69, 9.17) is 4.42 Å². The quantitative estimate of drug-likeness (QED) is 0.741. The summed E-state index contributed by atoms with van der Waals surface area (Å²) in [6.07, 6.45) is 1.40. The number of thiophene rings is 1. The third-order valence-electron chi connectivity index (χ3n) is 3.18. The number of rotatable bonds is 4. The molecule has 2 aromatic heterocycles. The zero-order chi connectivity index (χ0) is 17.1. The Balaban J connectivity index is 1.69. The van der Waals surface area contributed by atoms with Gasteiger partial charge < -0.3 is 15.1 Å². The van der Waals surface area contributed by atoms with E-state index in [1.54, 1.807) is 30.3 Å². The van der Waals surface area contributed by atoms with Crippen LogP contribution in [0.4, 0.5) is 15.1 Å². The summed E-state index contributed by atoms with van der Waals surface area (Å²) in [5, 5.41) is 5.65. The highest BCUT2D eigenvalue weighted by Crippen LogP contribution is 2.24. The average Bonchev–Trinajstić information content (AvgIpc) is 3.22. The van der Waals surface area contributed by atoms with Crippen LogP contribution in [0.25, 0.3) is 0 Å². The van der Waals surface area contributed by atoms with Gasteiger partial charge in [-0.05, 0) is 48.9 Å². The summed E-state index contributed by atoms with van der Waals surface area (Å²) in [6.45, 7) is 1.81. The molecule has 122 valence electrons. The molecule has 7 heteroatoms. The summed E-state index contributed by atoms with van der Waals surface area (Å²) in [7, 11) is 0. The number of benzene rings is 1. The molecule has 0 aliphatic carbocycles. The highest BCUT2D eigenvalue weighted by molar-refractivity contribution is 7.18. The first-order chi connectivity index (χ1) is 11.5. The lowest BCUT2D eigenvalue weighted by Gasteiger charge is -2.06. The number of amides is 2. The van der Waals surface area contributed by atoms with Crippen LogP contribution in [0.2, 0.25) is 0 Å². The largest absolute Gasteiger partial charge is 0.459 e. The van der Waals surface area contributed by atoms with Gasteiger partial charge in [0, 0.05) is 0 Å². The van der Waals surface area contributed by atoms with E-state index in [1.165, 1.54) is 18.4 Å². The Morgan fingerprint density at radius 1 is 1.08 bits per heavy atom. The molecule has 0 atom stereocenters. The van der Waals surface area contributed by atoms with E-state index in [1.807, 2.05) is 6.92 Å². The van der Waals surface area contributed by atoms with Gasteiger partial charge in [0.15, 0.2) is 5.76 Å². The number of carbonyl (C=O) groups is 2. The van der Waals surface area contributed by atoms with E-state index in [0.29, 0.717) is 9.88 Å². The van der Waals surface area contributed by atoms with Crippen LogP contribution >= 0.6 is 11.3 Å². The first-order valence-electron chi connectivity index (χ1n) is 7.05. The third kappa shape index (κ3) is 3.52. The lowest BCUT2D eigenvalue weighted by atomic mass is 10.2. The second-order valence-electron chi connectivity index (χ2n) is 5.03. The van der Waals surface area contributed by atoms with Crippen molar-refractivity contribution in [2.75, 3.05) is 10.6 Å². The molecule has 3 aromatic rings. The monoisotopic (exact) mass is 344 g/mol. The van der Waals surface area contributed by atoms with Gasteiger partial charge in [0.2, 0.25) is 0 Å². The molecule has 0 fully saturated rings. The molecule has 0 saturated heterocycles. The first kappa shape index (κ1) is 15.9. The molecule has 2 heterocycles. The number of aryl methyl sites for hydroxylation is 1. The van der Waals surface area contributed by atoms with E-state index in [0.717, 1.165) is 16.9 Å². The second-order valence-corrected chi connectivity index (χ2v) is 6.12. The predicted molar refractivity (Wildman–Crippen MR) is 90.1 cm³/mol. The zero-order valence-corrected chi connectivity index (χ0v) is 13.4. The zero-order valence-electron chi connectivity index (χ0n) is 12.6. The molecule has 0 aliphatic rings. The minimum atomic E-state index is -0.503. The van der Waals surface area contributed by atoms with Crippen LogP contribution < -0.4 is 10.6 Å². The Morgan fingerprint density at radius 2 is 1.92 bits per heavy atom. The minimum absolute atomic E-state index is 0.120. The average molecular weight is 344 g/mol. The SMILES string of the molecule is Cc1ccc(F)c(NC(=O)c2ccc(NC(=O)c3ccco3)s2)c1. The van der Waals surface area contributed by atoms with Crippen LogP contribution in [0.15, 0.2) is 53.1 Å². The van der Waals surface area contributed by atoms with Crippen molar-refractivity contribution < 1.29 is 18.4 Å². The van der Waals surface area contributed by atoms with E-state index < -0.39 is 17.6 Å². The van der Waals surface area contributed by atoms with E-state index in [9.17, 15) is 14.0 Å². The summed E-state index contributed by atoms with van der Waals surface area (Å²) in [5.41, 5.74) is 0.957. The van der Waals surface area contributed by atoms with Gasteiger partial charge in [-0.1, -0.05) is 6.07 Å². The van der Waals surface area contributed by atoms with Crippen molar-refractivity contribution in [3.05, 3.63) is 70.7 Å². The molecule has 24 heavy (non-hydrogen) atoms. The van der Waals surface area contributed by atoms with Gasteiger partial charge in [-0.15, -0.1) is 11.3 Å². The van der Waals surface area contributed by atoms with Crippen molar-refractivity contribution in [1.82, 2.24) is 0 Å². The lowest BCUT2D eigenvalue weighted by molar-refractivity contribution is 0.0995. The normalized spacial score (nSPS) is 10.4. The molecule has 2 N–H and O–H groups in total. The van der Waals surface area contributed by atoms with Gasteiger partial charge >= 0.3 is 0 Å². The van der Waals surface area contributed by atoms with Gasteiger partial charge in [-0.2, -0.15) is 0 Å². The van der Waals surface area contributed by atoms with Crippen LogP contribution in [0, 0.1) is 12.7 Å². The van der Waals surface area contributed by atoms with Crippen molar-refractivity contribution in [2.45, 2.75) is 6.92 Å². The number of halogens is 1. The number of nitrogens with one attached hydrogen (secondary N) is 2. The number of carbonyl (C=O) groups excluding carboxylic acids is 2. The van der Waals surface area contributed by atoms with Gasteiger partial charge in [-0.3, -0.25) is 9.59 Å². The Hall–Kier alpha value is -2.93. The topological polar surface area (TPSA) is 71.3 Å². The van der Waals surface area contributed by atoms with Gasteiger partial charge in [-0.25, -0.2) is 4.39 Å². The number of hydrogen-bond acceptors (Lipinski definition) is 4. The van der Waals surface area contributed by atoms with Gasteiger partial charge in [0.05, 0.1) is 21.8 Å².